The Bertz CT molecular complexity index is 1220. The molecule has 8 heteroatoms. The van der Waals surface area contributed by atoms with Crippen molar-refractivity contribution in [3.05, 3.63) is 49.0 Å². The van der Waals surface area contributed by atoms with Crippen LogP contribution in [0.25, 0.3) is 28.5 Å². The molecular formula is C23H24N6O2. The van der Waals surface area contributed by atoms with Gasteiger partial charge in [0.25, 0.3) is 0 Å². The second-order valence-electron chi connectivity index (χ2n) is 8.22. The average molecular weight is 416 g/mol. The predicted octanol–water partition coefficient (Wildman–Crippen LogP) is 3.57. The lowest BCUT2D eigenvalue weighted by atomic mass is 9.84. The molecule has 3 aliphatic heterocycles. The topological polar surface area (TPSA) is 80.7 Å². The van der Waals surface area contributed by atoms with Crippen molar-refractivity contribution in [3.63, 3.8) is 0 Å². The van der Waals surface area contributed by atoms with Gasteiger partial charge in [-0.1, -0.05) is 12.1 Å². The lowest BCUT2D eigenvalue weighted by Gasteiger charge is -2.44. The molecular weight excluding hydrogens is 392 g/mol. The third-order valence-corrected chi connectivity index (χ3v) is 6.49. The zero-order valence-corrected chi connectivity index (χ0v) is 17.4. The van der Waals surface area contributed by atoms with Gasteiger partial charge in [0.05, 0.1) is 12.8 Å². The molecule has 31 heavy (non-hydrogen) atoms. The highest BCUT2D eigenvalue weighted by molar-refractivity contribution is 5.82. The van der Waals surface area contributed by atoms with Crippen LogP contribution in [0.3, 0.4) is 0 Å². The molecule has 0 saturated carbocycles. The summed E-state index contributed by atoms with van der Waals surface area (Å²) in [6.45, 7) is 3.48. The third-order valence-electron chi connectivity index (χ3n) is 6.49. The molecule has 3 aromatic heterocycles. The van der Waals surface area contributed by atoms with Crippen molar-refractivity contribution < 1.29 is 9.15 Å². The summed E-state index contributed by atoms with van der Waals surface area (Å²) in [6.07, 6.45) is 7.78. The number of aromatic nitrogens is 4. The molecule has 4 aromatic rings. The largest absolute Gasteiger partial charge is 0.496 e. The monoisotopic (exact) mass is 416 g/mol. The summed E-state index contributed by atoms with van der Waals surface area (Å²) < 4.78 is 13.1. The minimum atomic E-state index is 0.394. The van der Waals surface area contributed by atoms with E-state index in [1.807, 2.05) is 40.9 Å². The number of ether oxygens (including phenoxy) is 1. The highest BCUT2D eigenvalue weighted by Crippen LogP contribution is 2.37. The molecule has 1 aromatic carbocycles. The highest BCUT2D eigenvalue weighted by Gasteiger charge is 2.34. The number of benzene rings is 1. The van der Waals surface area contributed by atoms with Crippen molar-refractivity contribution in [2.75, 3.05) is 32.1 Å². The van der Waals surface area contributed by atoms with Crippen molar-refractivity contribution in [2.24, 2.45) is 5.92 Å². The predicted molar refractivity (Wildman–Crippen MR) is 117 cm³/mol. The molecule has 158 valence electrons. The Kier molecular flexibility index (Phi) is 4.38. The molecule has 0 amide bonds. The van der Waals surface area contributed by atoms with Gasteiger partial charge in [-0.3, -0.25) is 4.40 Å². The van der Waals surface area contributed by atoms with Crippen molar-refractivity contribution in [2.45, 2.75) is 18.9 Å². The van der Waals surface area contributed by atoms with Gasteiger partial charge in [0, 0.05) is 30.5 Å². The van der Waals surface area contributed by atoms with E-state index >= 15 is 0 Å². The van der Waals surface area contributed by atoms with Crippen LogP contribution in [0.1, 0.15) is 12.8 Å². The Morgan fingerprint density at radius 2 is 2.00 bits per heavy atom. The first-order chi connectivity index (χ1) is 15.3. The number of anilines is 1. The summed E-state index contributed by atoms with van der Waals surface area (Å²) in [5.41, 5.74) is 3.30. The second kappa shape index (κ2) is 7.39. The van der Waals surface area contributed by atoms with Crippen LogP contribution in [0.15, 0.2) is 53.4 Å². The molecule has 3 fully saturated rings. The highest BCUT2D eigenvalue weighted by atomic mass is 16.5. The molecule has 1 atom stereocenters. The van der Waals surface area contributed by atoms with E-state index in [-0.39, 0.29) is 0 Å². The standard InChI is InChI=1S/C23H24N6O2/c1-30-19-5-3-2-4-16(19)20-21(29-12-13-31-23(29)27-20)17-6-9-24-22(25-17)26-18-14-28-10-7-15(18)8-11-28/h2-6,9,12-13,15,18H,7-8,10-11,14H2,1H3,(H,24,25,26)/t18-/m1/s1. The fraction of sp³-hybridized carbons (Fsp3) is 0.348. The summed E-state index contributed by atoms with van der Waals surface area (Å²) >= 11 is 0. The molecule has 0 unspecified atom stereocenters. The van der Waals surface area contributed by atoms with Gasteiger partial charge in [0.2, 0.25) is 5.95 Å². The summed E-state index contributed by atoms with van der Waals surface area (Å²) in [6, 6.07) is 10.2. The van der Waals surface area contributed by atoms with Crippen LogP contribution in [-0.2, 0) is 0 Å². The van der Waals surface area contributed by atoms with E-state index in [2.05, 4.69) is 15.2 Å². The molecule has 1 N–H and O–H groups in total. The van der Waals surface area contributed by atoms with Gasteiger partial charge in [-0.2, -0.15) is 4.98 Å². The first-order valence-corrected chi connectivity index (χ1v) is 10.7. The van der Waals surface area contributed by atoms with E-state index in [9.17, 15) is 0 Å². The maximum atomic E-state index is 5.59. The first-order valence-electron chi connectivity index (χ1n) is 10.7. The Balaban J connectivity index is 1.41. The van der Waals surface area contributed by atoms with Gasteiger partial charge >= 0.3 is 5.84 Å². The van der Waals surface area contributed by atoms with Crippen molar-refractivity contribution in [1.29, 1.82) is 0 Å². The van der Waals surface area contributed by atoms with E-state index in [1.54, 1.807) is 19.6 Å². The van der Waals surface area contributed by atoms with Crippen LogP contribution in [0, 0.1) is 5.92 Å². The smallest absolute Gasteiger partial charge is 0.306 e. The number of rotatable bonds is 5. The third kappa shape index (κ3) is 3.14. The number of piperidine rings is 3. The van der Waals surface area contributed by atoms with E-state index in [0.717, 1.165) is 34.9 Å². The fourth-order valence-corrected chi connectivity index (χ4v) is 4.91. The maximum absolute atomic E-state index is 5.59. The summed E-state index contributed by atoms with van der Waals surface area (Å²) in [5, 5.41) is 3.60. The molecule has 3 aliphatic rings. The Morgan fingerprint density at radius 1 is 1.13 bits per heavy atom. The molecule has 0 spiro atoms. The number of para-hydroxylation sites is 1. The Labute approximate surface area is 179 Å². The van der Waals surface area contributed by atoms with E-state index in [1.165, 1.54) is 25.9 Å². The molecule has 0 radical (unpaired) electrons. The molecule has 0 aliphatic carbocycles. The van der Waals surface area contributed by atoms with E-state index < -0.39 is 0 Å². The van der Waals surface area contributed by atoms with Crippen molar-refractivity contribution >= 4 is 11.8 Å². The number of methoxy groups -OCH3 is 1. The van der Waals surface area contributed by atoms with Crippen LogP contribution in [-0.4, -0.2) is 57.0 Å². The first kappa shape index (κ1) is 18.4. The van der Waals surface area contributed by atoms with Gasteiger partial charge in [-0.05, 0) is 50.0 Å². The molecule has 6 heterocycles. The van der Waals surface area contributed by atoms with E-state index in [0.29, 0.717) is 23.8 Å². The number of hydrogen-bond acceptors (Lipinski definition) is 7. The van der Waals surface area contributed by atoms with Gasteiger partial charge in [0.1, 0.15) is 23.4 Å². The normalized spacial score (nSPS) is 22.7. The number of imidazole rings is 1. The van der Waals surface area contributed by atoms with Crippen molar-refractivity contribution in [3.8, 4) is 28.4 Å². The lowest BCUT2D eigenvalue weighted by Crippen LogP contribution is -2.53. The number of hydrogen-bond donors (Lipinski definition) is 1. The average Bonchev–Trinajstić information content (AvgIpc) is 3.41. The summed E-state index contributed by atoms with van der Waals surface area (Å²) in [7, 11) is 1.67. The molecule has 7 rings (SSSR count). The Hall–Kier alpha value is -3.39. The molecule has 2 bridgehead atoms. The van der Waals surface area contributed by atoms with Crippen LogP contribution < -0.4 is 10.1 Å². The second-order valence-corrected chi connectivity index (χ2v) is 8.22. The van der Waals surface area contributed by atoms with Crippen molar-refractivity contribution in [1.82, 2.24) is 24.3 Å². The van der Waals surface area contributed by atoms with Gasteiger partial charge in [-0.15, -0.1) is 0 Å². The molecule has 3 saturated heterocycles. The van der Waals surface area contributed by atoms with Gasteiger partial charge < -0.3 is 19.4 Å². The minimum Gasteiger partial charge on any atom is -0.496 e. The van der Waals surface area contributed by atoms with E-state index in [4.69, 9.17) is 19.1 Å². The molecule has 8 nitrogen and oxygen atoms in total. The number of nitrogens with one attached hydrogen (secondary N) is 1. The van der Waals surface area contributed by atoms with Gasteiger partial charge in [-0.25, -0.2) is 9.97 Å². The van der Waals surface area contributed by atoms with Crippen LogP contribution in [0.5, 0.6) is 5.75 Å². The van der Waals surface area contributed by atoms with Crippen LogP contribution in [0.4, 0.5) is 5.95 Å². The SMILES string of the molecule is COc1ccccc1-c1nc2occn2c1-c1ccnc(N[C@@H]2CN3CCC2CC3)n1. The lowest BCUT2D eigenvalue weighted by molar-refractivity contribution is 0.0972. The zero-order chi connectivity index (χ0) is 20.8. The summed E-state index contributed by atoms with van der Waals surface area (Å²) in [4.78, 5) is 16.6. The van der Waals surface area contributed by atoms with Gasteiger partial charge in [0.15, 0.2) is 0 Å². The quantitative estimate of drug-likeness (QED) is 0.533. The Morgan fingerprint density at radius 3 is 2.81 bits per heavy atom. The fourth-order valence-electron chi connectivity index (χ4n) is 4.91. The zero-order valence-electron chi connectivity index (χ0n) is 17.4. The minimum absolute atomic E-state index is 0.394. The summed E-state index contributed by atoms with van der Waals surface area (Å²) in [5.74, 6) is 2.61. The number of fused-ring (bicyclic) bond motifs is 4. The van der Waals surface area contributed by atoms with Crippen LogP contribution in [0.2, 0.25) is 0 Å². The number of oxazole rings is 1. The van der Waals surface area contributed by atoms with Crippen LogP contribution >= 0.6 is 0 Å². The maximum Gasteiger partial charge on any atom is 0.306 e. The number of nitrogens with zero attached hydrogens (tertiary/aromatic N) is 5.